The van der Waals surface area contributed by atoms with Crippen LogP contribution in [0.2, 0.25) is 0 Å². The van der Waals surface area contributed by atoms with Crippen molar-refractivity contribution in [2.75, 3.05) is 0 Å². The van der Waals surface area contributed by atoms with Gasteiger partial charge in [-0.25, -0.2) is 4.98 Å². The molecule has 2 aromatic rings. The molecular formula is C14H10BrF2N3O2S. The maximum absolute atomic E-state index is 12.4. The van der Waals surface area contributed by atoms with Gasteiger partial charge in [0.05, 0.1) is 5.56 Å². The highest BCUT2D eigenvalue weighted by Crippen LogP contribution is 2.26. The van der Waals surface area contributed by atoms with Crippen LogP contribution < -0.4 is 10.9 Å². The van der Waals surface area contributed by atoms with E-state index < -0.39 is 17.6 Å². The van der Waals surface area contributed by atoms with Crippen LogP contribution in [0.15, 0.2) is 52.1 Å². The van der Waals surface area contributed by atoms with E-state index in [1.165, 1.54) is 18.3 Å². The summed E-state index contributed by atoms with van der Waals surface area (Å²) in [6.45, 7) is 0. The second-order valence-electron chi connectivity index (χ2n) is 4.15. The SMILES string of the molecule is O=C(NNC(=O)c1cccnc1SC(F)F)c1ccc(Br)cc1. The smallest absolute Gasteiger partial charge is 0.267 e. The van der Waals surface area contributed by atoms with Crippen LogP contribution in [0.4, 0.5) is 8.78 Å². The zero-order valence-corrected chi connectivity index (χ0v) is 13.8. The van der Waals surface area contributed by atoms with Crippen LogP contribution in [0.3, 0.4) is 0 Å². The summed E-state index contributed by atoms with van der Waals surface area (Å²) in [7, 11) is 0. The van der Waals surface area contributed by atoms with Gasteiger partial charge in [0.25, 0.3) is 17.6 Å². The third kappa shape index (κ3) is 5.00. The Bertz CT molecular complexity index is 713. The van der Waals surface area contributed by atoms with Crippen molar-refractivity contribution in [2.24, 2.45) is 0 Å². The number of rotatable bonds is 4. The molecular weight excluding hydrogens is 392 g/mol. The first-order chi connectivity index (χ1) is 11.0. The highest BCUT2D eigenvalue weighted by molar-refractivity contribution is 9.10. The maximum atomic E-state index is 12.4. The highest BCUT2D eigenvalue weighted by Gasteiger charge is 2.17. The summed E-state index contributed by atoms with van der Waals surface area (Å²) in [6, 6.07) is 9.27. The molecule has 2 rings (SSSR count). The Hall–Kier alpha value is -2.00. The van der Waals surface area contributed by atoms with E-state index in [1.54, 1.807) is 24.3 Å². The lowest BCUT2D eigenvalue weighted by molar-refractivity contribution is 0.0844. The van der Waals surface area contributed by atoms with E-state index in [9.17, 15) is 18.4 Å². The van der Waals surface area contributed by atoms with Crippen molar-refractivity contribution in [3.8, 4) is 0 Å². The van der Waals surface area contributed by atoms with Gasteiger partial charge in [-0.05, 0) is 48.2 Å². The number of nitrogens with one attached hydrogen (secondary N) is 2. The third-order valence-corrected chi connectivity index (χ3v) is 3.87. The van der Waals surface area contributed by atoms with Gasteiger partial charge in [-0.1, -0.05) is 15.9 Å². The molecule has 0 saturated carbocycles. The molecule has 0 radical (unpaired) electrons. The minimum Gasteiger partial charge on any atom is -0.267 e. The minimum atomic E-state index is -2.70. The molecule has 1 aromatic heterocycles. The zero-order chi connectivity index (χ0) is 16.8. The van der Waals surface area contributed by atoms with Gasteiger partial charge in [-0.3, -0.25) is 20.4 Å². The van der Waals surface area contributed by atoms with E-state index in [0.717, 1.165) is 4.47 Å². The summed E-state index contributed by atoms with van der Waals surface area (Å²) in [5, 5.41) is -0.113. The van der Waals surface area contributed by atoms with E-state index in [0.29, 0.717) is 5.56 Å². The average molecular weight is 402 g/mol. The van der Waals surface area contributed by atoms with Gasteiger partial charge in [0.15, 0.2) is 0 Å². The summed E-state index contributed by atoms with van der Waals surface area (Å²) in [4.78, 5) is 27.6. The van der Waals surface area contributed by atoms with Crippen LogP contribution in [-0.4, -0.2) is 22.6 Å². The number of halogens is 3. The van der Waals surface area contributed by atoms with Crippen LogP contribution >= 0.6 is 27.7 Å². The first-order valence-electron chi connectivity index (χ1n) is 6.23. The Labute approximate surface area is 143 Å². The quantitative estimate of drug-likeness (QED) is 0.609. The predicted molar refractivity (Wildman–Crippen MR) is 85.2 cm³/mol. The van der Waals surface area contributed by atoms with Gasteiger partial charge < -0.3 is 0 Å². The number of nitrogens with zero attached hydrogens (tertiary/aromatic N) is 1. The zero-order valence-electron chi connectivity index (χ0n) is 11.4. The number of hydrogen-bond donors (Lipinski definition) is 2. The highest BCUT2D eigenvalue weighted by atomic mass is 79.9. The van der Waals surface area contributed by atoms with Gasteiger partial charge in [0.2, 0.25) is 0 Å². The van der Waals surface area contributed by atoms with E-state index >= 15 is 0 Å². The van der Waals surface area contributed by atoms with Gasteiger partial charge in [0.1, 0.15) is 5.03 Å². The van der Waals surface area contributed by atoms with Crippen LogP contribution in [0.1, 0.15) is 20.7 Å². The second kappa shape index (κ2) is 8.02. The topological polar surface area (TPSA) is 71.1 Å². The largest absolute Gasteiger partial charge is 0.290 e. The second-order valence-corrected chi connectivity index (χ2v) is 6.04. The number of hydrogen-bond acceptors (Lipinski definition) is 4. The number of carbonyl (C=O) groups excluding carboxylic acids is 2. The molecule has 0 aliphatic carbocycles. The van der Waals surface area contributed by atoms with E-state index in [4.69, 9.17) is 0 Å². The van der Waals surface area contributed by atoms with E-state index in [2.05, 4.69) is 31.8 Å². The minimum absolute atomic E-state index is 0.0473. The number of amides is 2. The number of thioether (sulfide) groups is 1. The Morgan fingerprint density at radius 3 is 2.39 bits per heavy atom. The van der Waals surface area contributed by atoms with E-state index in [-0.39, 0.29) is 22.4 Å². The molecule has 2 amide bonds. The lowest BCUT2D eigenvalue weighted by Gasteiger charge is -2.10. The molecule has 0 fully saturated rings. The Kier molecular flexibility index (Phi) is 6.05. The number of alkyl halides is 2. The molecule has 0 unspecified atom stereocenters. The number of benzene rings is 1. The molecule has 0 bridgehead atoms. The fourth-order valence-electron chi connectivity index (χ4n) is 1.60. The van der Waals surface area contributed by atoms with Gasteiger partial charge in [0, 0.05) is 16.2 Å². The molecule has 120 valence electrons. The van der Waals surface area contributed by atoms with Crippen molar-refractivity contribution in [3.05, 3.63) is 58.2 Å². The fourth-order valence-corrected chi connectivity index (χ4v) is 2.44. The summed E-state index contributed by atoms with van der Waals surface area (Å²) in [5.74, 6) is -3.96. The number of hydrazine groups is 1. The van der Waals surface area contributed by atoms with Gasteiger partial charge in [-0.15, -0.1) is 0 Å². The van der Waals surface area contributed by atoms with Crippen molar-refractivity contribution < 1.29 is 18.4 Å². The molecule has 2 N–H and O–H groups in total. The Morgan fingerprint density at radius 1 is 1.09 bits per heavy atom. The normalized spacial score (nSPS) is 10.4. The Balaban J connectivity index is 2.02. The van der Waals surface area contributed by atoms with E-state index in [1.807, 2.05) is 0 Å². The molecule has 0 aliphatic rings. The average Bonchev–Trinajstić information content (AvgIpc) is 2.53. The van der Waals surface area contributed by atoms with Crippen LogP contribution in [0.25, 0.3) is 0 Å². The molecule has 1 heterocycles. The number of aromatic nitrogens is 1. The third-order valence-electron chi connectivity index (χ3n) is 2.61. The lowest BCUT2D eigenvalue weighted by atomic mass is 10.2. The first kappa shape index (κ1) is 17.4. The van der Waals surface area contributed by atoms with Crippen LogP contribution in [0, 0.1) is 0 Å². The molecule has 1 aromatic carbocycles. The molecule has 0 saturated heterocycles. The monoisotopic (exact) mass is 401 g/mol. The number of carbonyl (C=O) groups is 2. The van der Waals surface area contributed by atoms with Crippen molar-refractivity contribution in [2.45, 2.75) is 10.8 Å². The van der Waals surface area contributed by atoms with Crippen molar-refractivity contribution >= 4 is 39.5 Å². The van der Waals surface area contributed by atoms with Crippen LogP contribution in [0.5, 0.6) is 0 Å². The summed E-state index contributed by atoms with van der Waals surface area (Å²) >= 11 is 3.41. The maximum Gasteiger partial charge on any atom is 0.290 e. The summed E-state index contributed by atoms with van der Waals surface area (Å²) < 4.78 is 25.7. The summed E-state index contributed by atoms with van der Waals surface area (Å²) in [6.07, 6.45) is 1.31. The standard InChI is InChI=1S/C14H10BrF2N3O2S/c15-9-5-3-8(4-6-9)11(21)19-20-12(22)10-2-1-7-18-13(10)23-14(16)17/h1-7,14H,(H,19,21)(H,20,22). The van der Waals surface area contributed by atoms with Gasteiger partial charge in [-0.2, -0.15) is 8.78 Å². The molecule has 0 aliphatic heterocycles. The van der Waals surface area contributed by atoms with Crippen molar-refractivity contribution in [1.29, 1.82) is 0 Å². The molecule has 0 atom stereocenters. The summed E-state index contributed by atoms with van der Waals surface area (Å²) in [5.41, 5.74) is 4.68. The molecule has 9 heteroatoms. The number of pyridine rings is 1. The first-order valence-corrected chi connectivity index (χ1v) is 7.90. The molecule has 23 heavy (non-hydrogen) atoms. The lowest BCUT2D eigenvalue weighted by Crippen LogP contribution is -2.41. The van der Waals surface area contributed by atoms with Crippen molar-refractivity contribution in [3.63, 3.8) is 0 Å². The van der Waals surface area contributed by atoms with Gasteiger partial charge >= 0.3 is 0 Å². The predicted octanol–water partition coefficient (Wildman–Crippen LogP) is 3.23. The van der Waals surface area contributed by atoms with Crippen molar-refractivity contribution in [1.82, 2.24) is 15.8 Å². The molecule has 0 spiro atoms. The Morgan fingerprint density at radius 2 is 1.74 bits per heavy atom. The fraction of sp³-hybridized carbons (Fsp3) is 0.0714. The van der Waals surface area contributed by atoms with Crippen LogP contribution in [-0.2, 0) is 0 Å². The molecule has 5 nitrogen and oxygen atoms in total.